The van der Waals surface area contributed by atoms with Gasteiger partial charge >= 0.3 is 0 Å². The van der Waals surface area contributed by atoms with Gasteiger partial charge in [-0.25, -0.2) is 4.98 Å². The number of hydrogen-bond acceptors (Lipinski definition) is 4. The molecule has 1 aliphatic carbocycles. The number of carbonyl (C=O) groups excluding carboxylic acids is 1. The SMILES string of the molecule is O=C(CN1CCC(c2ncco2)CC1)NCC1CCCCC1. The third kappa shape index (κ3) is 4.32. The fraction of sp³-hybridized carbons (Fsp3) is 0.765. The van der Waals surface area contributed by atoms with Gasteiger partial charge in [-0.05, 0) is 44.7 Å². The Balaban J connectivity index is 1.34. The molecule has 22 heavy (non-hydrogen) atoms. The third-order valence-electron chi connectivity index (χ3n) is 5.07. The molecule has 5 nitrogen and oxygen atoms in total. The summed E-state index contributed by atoms with van der Waals surface area (Å²) in [5, 5.41) is 3.13. The molecule has 3 rings (SSSR count). The lowest BCUT2D eigenvalue weighted by molar-refractivity contribution is -0.122. The minimum atomic E-state index is 0.181. The predicted octanol–water partition coefficient (Wildman–Crippen LogP) is 2.55. The first kappa shape index (κ1) is 15.5. The van der Waals surface area contributed by atoms with E-state index in [4.69, 9.17) is 4.42 Å². The van der Waals surface area contributed by atoms with Gasteiger partial charge in [-0.1, -0.05) is 19.3 Å². The molecule has 1 N–H and O–H groups in total. The molecule has 1 aromatic heterocycles. The van der Waals surface area contributed by atoms with Gasteiger partial charge in [0, 0.05) is 12.5 Å². The summed E-state index contributed by atoms with van der Waals surface area (Å²) >= 11 is 0. The summed E-state index contributed by atoms with van der Waals surface area (Å²) in [6.07, 6.45) is 12.0. The smallest absolute Gasteiger partial charge is 0.234 e. The molecule has 1 saturated heterocycles. The van der Waals surface area contributed by atoms with Crippen LogP contribution >= 0.6 is 0 Å². The van der Waals surface area contributed by atoms with Crippen LogP contribution in [0.4, 0.5) is 0 Å². The van der Waals surface area contributed by atoms with E-state index in [1.807, 2.05) is 0 Å². The van der Waals surface area contributed by atoms with Gasteiger partial charge in [-0.15, -0.1) is 0 Å². The standard InChI is InChI=1S/C17H27N3O2/c21-16(19-12-14-4-2-1-3-5-14)13-20-9-6-15(7-10-20)17-18-8-11-22-17/h8,11,14-15H,1-7,9-10,12-13H2,(H,19,21). The van der Waals surface area contributed by atoms with Gasteiger partial charge in [0.2, 0.25) is 5.91 Å². The van der Waals surface area contributed by atoms with Crippen LogP contribution in [0.2, 0.25) is 0 Å². The summed E-state index contributed by atoms with van der Waals surface area (Å²) in [6.45, 7) is 3.30. The molecule has 0 unspecified atom stereocenters. The average Bonchev–Trinajstić information content (AvgIpc) is 3.09. The number of nitrogens with one attached hydrogen (secondary N) is 1. The Bertz CT molecular complexity index is 446. The van der Waals surface area contributed by atoms with Crippen molar-refractivity contribution >= 4 is 5.91 Å². The molecule has 1 aliphatic heterocycles. The van der Waals surface area contributed by atoms with Crippen molar-refractivity contribution in [2.75, 3.05) is 26.2 Å². The molecule has 0 atom stereocenters. The fourth-order valence-electron chi connectivity index (χ4n) is 3.68. The Morgan fingerprint density at radius 3 is 2.68 bits per heavy atom. The average molecular weight is 305 g/mol. The molecule has 122 valence electrons. The Labute approximate surface area is 132 Å². The van der Waals surface area contributed by atoms with Crippen LogP contribution in [0.15, 0.2) is 16.9 Å². The fourth-order valence-corrected chi connectivity index (χ4v) is 3.68. The number of amides is 1. The number of carbonyl (C=O) groups is 1. The maximum absolute atomic E-state index is 12.1. The zero-order chi connectivity index (χ0) is 15.2. The molecule has 1 aromatic rings. The minimum absolute atomic E-state index is 0.181. The largest absolute Gasteiger partial charge is 0.449 e. The molecule has 2 aliphatic rings. The molecule has 0 bridgehead atoms. The van der Waals surface area contributed by atoms with Crippen molar-refractivity contribution in [1.29, 1.82) is 0 Å². The van der Waals surface area contributed by atoms with Crippen molar-refractivity contribution in [1.82, 2.24) is 15.2 Å². The normalized spacial score (nSPS) is 21.8. The van der Waals surface area contributed by atoms with E-state index in [9.17, 15) is 4.79 Å². The molecular weight excluding hydrogens is 278 g/mol. The second kappa shape index (κ2) is 7.77. The van der Waals surface area contributed by atoms with Gasteiger partial charge in [0.1, 0.15) is 6.26 Å². The van der Waals surface area contributed by atoms with Crippen LogP contribution < -0.4 is 5.32 Å². The lowest BCUT2D eigenvalue weighted by Crippen LogP contribution is -2.42. The van der Waals surface area contributed by atoms with Gasteiger partial charge in [-0.3, -0.25) is 9.69 Å². The Morgan fingerprint density at radius 1 is 1.23 bits per heavy atom. The molecule has 2 fully saturated rings. The molecule has 0 spiro atoms. The van der Waals surface area contributed by atoms with E-state index < -0.39 is 0 Å². The number of aromatic nitrogens is 1. The van der Waals surface area contributed by atoms with Gasteiger partial charge < -0.3 is 9.73 Å². The van der Waals surface area contributed by atoms with Crippen molar-refractivity contribution in [3.63, 3.8) is 0 Å². The van der Waals surface area contributed by atoms with E-state index in [0.29, 0.717) is 18.4 Å². The van der Waals surface area contributed by atoms with Crippen molar-refractivity contribution < 1.29 is 9.21 Å². The molecular formula is C17H27N3O2. The summed E-state index contributed by atoms with van der Waals surface area (Å²) in [5.74, 6) is 2.14. The third-order valence-corrected chi connectivity index (χ3v) is 5.07. The van der Waals surface area contributed by atoms with Crippen LogP contribution in [0, 0.1) is 5.92 Å². The Hall–Kier alpha value is -1.36. The van der Waals surface area contributed by atoms with Gasteiger partial charge in [-0.2, -0.15) is 0 Å². The number of oxazole rings is 1. The van der Waals surface area contributed by atoms with E-state index in [-0.39, 0.29) is 5.91 Å². The predicted molar refractivity (Wildman–Crippen MR) is 84.5 cm³/mol. The first-order valence-electron chi connectivity index (χ1n) is 8.69. The van der Waals surface area contributed by atoms with Gasteiger partial charge in [0.25, 0.3) is 0 Å². The van der Waals surface area contributed by atoms with E-state index >= 15 is 0 Å². The number of piperidine rings is 1. The first-order valence-corrected chi connectivity index (χ1v) is 8.69. The van der Waals surface area contributed by atoms with Gasteiger partial charge in [0.05, 0.1) is 12.7 Å². The lowest BCUT2D eigenvalue weighted by atomic mass is 9.89. The van der Waals surface area contributed by atoms with Crippen LogP contribution in [-0.2, 0) is 4.79 Å². The Morgan fingerprint density at radius 2 is 2.00 bits per heavy atom. The van der Waals surface area contributed by atoms with Crippen molar-refractivity contribution in [3.8, 4) is 0 Å². The van der Waals surface area contributed by atoms with E-state index in [2.05, 4.69) is 15.2 Å². The first-order chi connectivity index (χ1) is 10.8. The van der Waals surface area contributed by atoms with Crippen LogP contribution in [-0.4, -0.2) is 42.0 Å². The molecule has 1 saturated carbocycles. The summed E-state index contributed by atoms with van der Waals surface area (Å²) in [6, 6.07) is 0. The summed E-state index contributed by atoms with van der Waals surface area (Å²) in [5.41, 5.74) is 0. The second-order valence-corrected chi connectivity index (χ2v) is 6.73. The highest BCUT2D eigenvalue weighted by Crippen LogP contribution is 2.26. The summed E-state index contributed by atoms with van der Waals surface area (Å²) in [7, 11) is 0. The van der Waals surface area contributed by atoms with Crippen LogP contribution in [0.25, 0.3) is 0 Å². The number of likely N-dealkylation sites (tertiary alicyclic amines) is 1. The van der Waals surface area contributed by atoms with Crippen molar-refractivity contribution in [3.05, 3.63) is 18.4 Å². The number of hydrogen-bond donors (Lipinski definition) is 1. The molecule has 0 radical (unpaired) electrons. The molecule has 5 heteroatoms. The minimum Gasteiger partial charge on any atom is -0.449 e. The number of rotatable bonds is 5. The van der Waals surface area contributed by atoms with Crippen LogP contribution in [0.5, 0.6) is 0 Å². The zero-order valence-corrected chi connectivity index (χ0v) is 13.3. The maximum Gasteiger partial charge on any atom is 0.234 e. The quantitative estimate of drug-likeness (QED) is 0.908. The van der Waals surface area contributed by atoms with Crippen molar-refractivity contribution in [2.45, 2.75) is 50.9 Å². The summed E-state index contributed by atoms with van der Waals surface area (Å²) in [4.78, 5) is 18.6. The summed E-state index contributed by atoms with van der Waals surface area (Å²) < 4.78 is 5.39. The van der Waals surface area contributed by atoms with Crippen molar-refractivity contribution in [2.24, 2.45) is 5.92 Å². The number of nitrogens with zero attached hydrogens (tertiary/aromatic N) is 2. The van der Waals surface area contributed by atoms with E-state index in [1.54, 1.807) is 12.5 Å². The maximum atomic E-state index is 12.1. The Kier molecular flexibility index (Phi) is 5.48. The zero-order valence-electron chi connectivity index (χ0n) is 13.3. The lowest BCUT2D eigenvalue weighted by Gasteiger charge is -2.30. The van der Waals surface area contributed by atoms with E-state index in [1.165, 1.54) is 32.1 Å². The molecule has 2 heterocycles. The second-order valence-electron chi connectivity index (χ2n) is 6.73. The highest BCUT2D eigenvalue weighted by molar-refractivity contribution is 5.78. The van der Waals surface area contributed by atoms with Crippen LogP contribution in [0.3, 0.4) is 0 Å². The van der Waals surface area contributed by atoms with E-state index in [0.717, 1.165) is 38.4 Å². The topological polar surface area (TPSA) is 58.4 Å². The molecule has 1 amide bonds. The van der Waals surface area contributed by atoms with Crippen LogP contribution in [0.1, 0.15) is 56.8 Å². The van der Waals surface area contributed by atoms with Gasteiger partial charge in [0.15, 0.2) is 5.89 Å². The highest BCUT2D eigenvalue weighted by atomic mass is 16.3. The highest BCUT2D eigenvalue weighted by Gasteiger charge is 2.24. The molecule has 0 aromatic carbocycles. The monoisotopic (exact) mass is 305 g/mol.